The molecule has 0 saturated carbocycles. The molecule has 0 unspecified atom stereocenters. The van der Waals surface area contributed by atoms with Gasteiger partial charge in [-0.15, -0.1) is 0 Å². The van der Waals surface area contributed by atoms with Gasteiger partial charge in [-0.2, -0.15) is 0 Å². The van der Waals surface area contributed by atoms with Gasteiger partial charge >= 0.3 is 0 Å². The van der Waals surface area contributed by atoms with Crippen LogP contribution in [0.25, 0.3) is 16.5 Å². The minimum absolute atomic E-state index is 0.179. The fraction of sp³-hybridized carbons (Fsp3) is 0.231. The molecule has 1 aromatic carbocycles. The van der Waals surface area contributed by atoms with Crippen molar-refractivity contribution in [3.63, 3.8) is 0 Å². The van der Waals surface area contributed by atoms with E-state index in [0.717, 1.165) is 28.8 Å². The van der Waals surface area contributed by atoms with Crippen LogP contribution < -0.4 is 0 Å². The molecule has 0 saturated heterocycles. The van der Waals surface area contributed by atoms with Crippen LogP contribution in [0.1, 0.15) is 24.6 Å². The summed E-state index contributed by atoms with van der Waals surface area (Å²) in [7, 11) is 0. The summed E-state index contributed by atoms with van der Waals surface area (Å²) in [5.41, 5.74) is 3.74. The summed E-state index contributed by atoms with van der Waals surface area (Å²) in [5.74, 6) is -0.179. The van der Waals surface area contributed by atoms with Crippen molar-refractivity contribution in [2.45, 2.75) is 20.3 Å². The van der Waals surface area contributed by atoms with Gasteiger partial charge < -0.3 is 4.98 Å². The Kier molecular flexibility index (Phi) is 2.35. The summed E-state index contributed by atoms with van der Waals surface area (Å²) in [5, 5.41) is 0.668. The maximum absolute atomic E-state index is 13.7. The van der Waals surface area contributed by atoms with Crippen LogP contribution >= 0.6 is 0 Å². The van der Waals surface area contributed by atoms with E-state index < -0.39 is 0 Å². The molecule has 1 nitrogen and oxygen atoms in total. The number of rotatable bonds is 2. The van der Waals surface area contributed by atoms with Crippen molar-refractivity contribution in [2.75, 3.05) is 0 Å². The van der Waals surface area contributed by atoms with Crippen LogP contribution in [0.5, 0.6) is 0 Å². The summed E-state index contributed by atoms with van der Waals surface area (Å²) in [6.07, 6.45) is 0.835. The second kappa shape index (κ2) is 3.54. The smallest absolute Gasteiger partial charge is 0.133 e. The van der Waals surface area contributed by atoms with Crippen LogP contribution in [-0.4, -0.2) is 4.98 Å². The molecule has 1 N–H and O–H groups in total. The molecular weight excluding hydrogens is 189 g/mol. The first-order valence-corrected chi connectivity index (χ1v) is 5.10. The Bertz CT molecular complexity index is 523. The number of nitrogens with one attached hydrogen (secondary N) is 1. The molecule has 0 atom stereocenters. The molecule has 2 aromatic rings. The molecule has 0 aliphatic carbocycles. The molecule has 2 rings (SSSR count). The van der Waals surface area contributed by atoms with Crippen molar-refractivity contribution in [2.24, 2.45) is 0 Å². The number of hydrogen-bond donors (Lipinski definition) is 1. The van der Waals surface area contributed by atoms with E-state index in [1.807, 2.05) is 19.9 Å². The molecule has 78 valence electrons. The van der Waals surface area contributed by atoms with Gasteiger partial charge in [-0.1, -0.05) is 19.6 Å². The number of fused-ring (bicyclic) bond motifs is 1. The average molecular weight is 203 g/mol. The Labute approximate surface area is 88.6 Å². The third-order valence-electron chi connectivity index (χ3n) is 2.74. The second-order valence-corrected chi connectivity index (χ2v) is 3.74. The quantitative estimate of drug-likeness (QED) is 0.758. The highest BCUT2D eigenvalue weighted by Crippen LogP contribution is 2.30. The lowest BCUT2D eigenvalue weighted by Crippen LogP contribution is -1.84. The van der Waals surface area contributed by atoms with Gasteiger partial charge in [-0.3, -0.25) is 0 Å². The lowest BCUT2D eigenvalue weighted by atomic mass is 10.0. The van der Waals surface area contributed by atoms with Crippen LogP contribution in [0.15, 0.2) is 24.8 Å². The molecule has 0 fully saturated rings. The lowest BCUT2D eigenvalue weighted by molar-refractivity contribution is 0.640. The number of aromatic nitrogens is 1. The Morgan fingerprint density at radius 3 is 2.87 bits per heavy atom. The van der Waals surface area contributed by atoms with Crippen LogP contribution in [0, 0.1) is 12.7 Å². The second-order valence-electron chi connectivity index (χ2n) is 3.74. The van der Waals surface area contributed by atoms with Gasteiger partial charge in [0.1, 0.15) is 5.82 Å². The Morgan fingerprint density at radius 1 is 1.47 bits per heavy atom. The summed E-state index contributed by atoms with van der Waals surface area (Å²) < 4.78 is 13.7. The lowest BCUT2D eigenvalue weighted by Gasteiger charge is -2.03. The average Bonchev–Trinajstić information content (AvgIpc) is 2.55. The Hall–Kier alpha value is -1.57. The maximum Gasteiger partial charge on any atom is 0.133 e. The summed E-state index contributed by atoms with van der Waals surface area (Å²) in [6, 6.07) is 5.09. The van der Waals surface area contributed by atoms with Crippen molar-refractivity contribution in [1.29, 1.82) is 0 Å². The fourth-order valence-electron chi connectivity index (χ4n) is 1.95. The standard InChI is InChI=1S/C13H14FN/c1-4-8(2)12-9(3)15-11-7-5-6-10(14)13(11)12/h5-7,15H,2,4H2,1,3H3. The van der Waals surface area contributed by atoms with Gasteiger partial charge in [-0.05, 0) is 31.1 Å². The van der Waals surface area contributed by atoms with Gasteiger partial charge in [0.05, 0.1) is 0 Å². The van der Waals surface area contributed by atoms with E-state index in [2.05, 4.69) is 11.6 Å². The summed E-state index contributed by atoms with van der Waals surface area (Å²) in [6.45, 7) is 7.96. The fourth-order valence-corrected chi connectivity index (χ4v) is 1.95. The van der Waals surface area contributed by atoms with E-state index >= 15 is 0 Å². The minimum Gasteiger partial charge on any atom is -0.358 e. The van der Waals surface area contributed by atoms with E-state index in [1.54, 1.807) is 6.07 Å². The van der Waals surface area contributed by atoms with Crippen molar-refractivity contribution in [3.8, 4) is 0 Å². The third kappa shape index (κ3) is 1.46. The number of halogens is 1. The first-order chi connectivity index (χ1) is 7.15. The number of aromatic amines is 1. The molecule has 1 aromatic heterocycles. The molecule has 0 aliphatic rings. The van der Waals surface area contributed by atoms with Gasteiger partial charge in [0.15, 0.2) is 0 Å². The summed E-state index contributed by atoms with van der Waals surface area (Å²) >= 11 is 0. The van der Waals surface area contributed by atoms with E-state index in [0.29, 0.717) is 5.39 Å². The predicted molar refractivity (Wildman–Crippen MR) is 62.3 cm³/mol. The Balaban J connectivity index is 2.82. The SMILES string of the molecule is C=C(CC)c1c(C)[nH]c2cccc(F)c12. The number of H-pyrrole nitrogens is 1. The molecule has 15 heavy (non-hydrogen) atoms. The van der Waals surface area contributed by atoms with Crippen molar-refractivity contribution < 1.29 is 4.39 Å². The minimum atomic E-state index is -0.179. The first-order valence-electron chi connectivity index (χ1n) is 5.10. The first kappa shape index (κ1) is 9.97. The van der Waals surface area contributed by atoms with E-state index in [9.17, 15) is 4.39 Å². The number of allylic oxidation sites excluding steroid dienone is 1. The van der Waals surface area contributed by atoms with Crippen LogP contribution in [0.2, 0.25) is 0 Å². The van der Waals surface area contributed by atoms with Gasteiger partial charge in [0, 0.05) is 22.2 Å². The molecule has 1 heterocycles. The predicted octanol–water partition coefficient (Wildman–Crippen LogP) is 4.04. The van der Waals surface area contributed by atoms with Crippen molar-refractivity contribution in [1.82, 2.24) is 4.98 Å². The molecule has 2 heteroatoms. The molecular formula is C13H14FN. The van der Waals surface area contributed by atoms with Crippen molar-refractivity contribution >= 4 is 16.5 Å². The summed E-state index contributed by atoms with van der Waals surface area (Å²) in [4.78, 5) is 3.18. The molecule has 0 amide bonds. The van der Waals surface area contributed by atoms with Crippen LogP contribution in [0.3, 0.4) is 0 Å². The largest absolute Gasteiger partial charge is 0.358 e. The molecule has 0 spiro atoms. The van der Waals surface area contributed by atoms with Crippen LogP contribution in [-0.2, 0) is 0 Å². The normalized spacial score (nSPS) is 10.9. The highest BCUT2D eigenvalue weighted by atomic mass is 19.1. The van der Waals surface area contributed by atoms with E-state index in [1.165, 1.54) is 6.07 Å². The molecule has 0 aliphatic heterocycles. The monoisotopic (exact) mass is 203 g/mol. The highest BCUT2D eigenvalue weighted by molar-refractivity contribution is 5.94. The topological polar surface area (TPSA) is 15.8 Å². The number of benzene rings is 1. The van der Waals surface area contributed by atoms with Gasteiger partial charge in [-0.25, -0.2) is 4.39 Å². The zero-order chi connectivity index (χ0) is 11.0. The number of hydrogen-bond acceptors (Lipinski definition) is 0. The van der Waals surface area contributed by atoms with Crippen LogP contribution in [0.4, 0.5) is 4.39 Å². The van der Waals surface area contributed by atoms with E-state index in [-0.39, 0.29) is 5.82 Å². The third-order valence-corrected chi connectivity index (χ3v) is 2.74. The van der Waals surface area contributed by atoms with E-state index in [4.69, 9.17) is 0 Å². The molecule has 0 radical (unpaired) electrons. The Morgan fingerprint density at radius 2 is 2.20 bits per heavy atom. The highest BCUT2D eigenvalue weighted by Gasteiger charge is 2.13. The zero-order valence-electron chi connectivity index (χ0n) is 9.02. The van der Waals surface area contributed by atoms with Gasteiger partial charge in [0.25, 0.3) is 0 Å². The maximum atomic E-state index is 13.7. The van der Waals surface area contributed by atoms with Gasteiger partial charge in [0.2, 0.25) is 0 Å². The van der Waals surface area contributed by atoms with Crippen molar-refractivity contribution in [3.05, 3.63) is 41.9 Å². The zero-order valence-corrected chi connectivity index (χ0v) is 9.02. The number of aryl methyl sites for hydroxylation is 1. The molecule has 0 bridgehead atoms.